The maximum atomic E-state index is 13.8. The zero-order chi connectivity index (χ0) is 14.5. The summed E-state index contributed by atoms with van der Waals surface area (Å²) >= 11 is 0. The molecule has 106 valence electrons. The Hall–Kier alpha value is -2.07. The molecule has 2 rings (SSSR count). The molecule has 0 spiro atoms. The van der Waals surface area contributed by atoms with E-state index >= 15 is 0 Å². The SMILES string of the molecule is COc1ccc(COc2ccc(C(C)N)cc2F)cc1. The summed E-state index contributed by atoms with van der Waals surface area (Å²) in [6, 6.07) is 12.0. The molecule has 20 heavy (non-hydrogen) atoms. The van der Waals surface area contributed by atoms with Gasteiger partial charge in [-0.1, -0.05) is 18.2 Å². The minimum Gasteiger partial charge on any atom is -0.497 e. The Labute approximate surface area is 118 Å². The van der Waals surface area contributed by atoms with Crippen LogP contribution in [0, 0.1) is 5.82 Å². The van der Waals surface area contributed by atoms with Crippen molar-refractivity contribution >= 4 is 0 Å². The van der Waals surface area contributed by atoms with Crippen molar-refractivity contribution in [2.45, 2.75) is 19.6 Å². The number of hydrogen-bond acceptors (Lipinski definition) is 3. The molecule has 0 saturated carbocycles. The van der Waals surface area contributed by atoms with Gasteiger partial charge in [0, 0.05) is 6.04 Å². The Bertz CT molecular complexity index is 567. The molecule has 2 aromatic rings. The lowest BCUT2D eigenvalue weighted by molar-refractivity contribution is 0.290. The smallest absolute Gasteiger partial charge is 0.165 e. The van der Waals surface area contributed by atoms with Gasteiger partial charge in [-0.05, 0) is 42.3 Å². The van der Waals surface area contributed by atoms with Crippen LogP contribution in [0.2, 0.25) is 0 Å². The second-order valence-electron chi connectivity index (χ2n) is 4.62. The lowest BCUT2D eigenvalue weighted by atomic mass is 10.1. The van der Waals surface area contributed by atoms with Crippen molar-refractivity contribution in [1.29, 1.82) is 0 Å². The van der Waals surface area contributed by atoms with Gasteiger partial charge in [-0.2, -0.15) is 0 Å². The summed E-state index contributed by atoms with van der Waals surface area (Å²) in [6.45, 7) is 2.12. The summed E-state index contributed by atoms with van der Waals surface area (Å²) in [5.41, 5.74) is 7.40. The van der Waals surface area contributed by atoms with E-state index in [1.165, 1.54) is 6.07 Å². The standard InChI is InChI=1S/C16H18FNO2/c1-11(18)13-5-8-16(15(17)9-13)20-10-12-3-6-14(19-2)7-4-12/h3-9,11H,10,18H2,1-2H3. The molecule has 0 aliphatic carbocycles. The average molecular weight is 275 g/mol. The van der Waals surface area contributed by atoms with Crippen LogP contribution in [0.5, 0.6) is 11.5 Å². The summed E-state index contributed by atoms with van der Waals surface area (Å²) < 4.78 is 24.4. The number of ether oxygens (including phenoxy) is 2. The summed E-state index contributed by atoms with van der Waals surface area (Å²) in [5.74, 6) is 0.611. The quantitative estimate of drug-likeness (QED) is 0.909. The molecule has 4 heteroatoms. The van der Waals surface area contributed by atoms with Crippen molar-refractivity contribution < 1.29 is 13.9 Å². The van der Waals surface area contributed by atoms with Gasteiger partial charge in [-0.25, -0.2) is 4.39 Å². The molecule has 3 nitrogen and oxygen atoms in total. The first kappa shape index (κ1) is 14.3. The van der Waals surface area contributed by atoms with Gasteiger partial charge in [0.15, 0.2) is 11.6 Å². The zero-order valence-electron chi connectivity index (χ0n) is 11.6. The predicted molar refractivity (Wildman–Crippen MR) is 76.3 cm³/mol. The highest BCUT2D eigenvalue weighted by Crippen LogP contribution is 2.22. The van der Waals surface area contributed by atoms with Crippen LogP contribution in [0.3, 0.4) is 0 Å². The van der Waals surface area contributed by atoms with Crippen LogP contribution in [0.1, 0.15) is 24.1 Å². The van der Waals surface area contributed by atoms with Crippen molar-refractivity contribution in [3.8, 4) is 11.5 Å². The van der Waals surface area contributed by atoms with Gasteiger partial charge in [-0.15, -0.1) is 0 Å². The largest absolute Gasteiger partial charge is 0.497 e. The van der Waals surface area contributed by atoms with E-state index in [-0.39, 0.29) is 11.8 Å². The third-order valence-corrected chi connectivity index (χ3v) is 3.04. The van der Waals surface area contributed by atoms with E-state index in [2.05, 4.69) is 0 Å². The Balaban J connectivity index is 2.03. The molecule has 2 aromatic carbocycles. The first-order valence-electron chi connectivity index (χ1n) is 6.41. The van der Waals surface area contributed by atoms with Crippen LogP contribution in [-0.4, -0.2) is 7.11 Å². The summed E-state index contributed by atoms with van der Waals surface area (Å²) in [4.78, 5) is 0. The number of rotatable bonds is 5. The fourth-order valence-corrected chi connectivity index (χ4v) is 1.80. The van der Waals surface area contributed by atoms with Crippen LogP contribution in [0.25, 0.3) is 0 Å². The highest BCUT2D eigenvalue weighted by atomic mass is 19.1. The van der Waals surface area contributed by atoms with Gasteiger partial charge in [-0.3, -0.25) is 0 Å². The fraction of sp³-hybridized carbons (Fsp3) is 0.250. The zero-order valence-corrected chi connectivity index (χ0v) is 11.6. The van der Waals surface area contributed by atoms with Crippen molar-refractivity contribution in [3.63, 3.8) is 0 Å². The van der Waals surface area contributed by atoms with Crippen LogP contribution >= 0.6 is 0 Å². The first-order valence-corrected chi connectivity index (χ1v) is 6.41. The number of benzene rings is 2. The molecule has 0 aromatic heterocycles. The molecule has 0 radical (unpaired) electrons. The molecule has 0 fully saturated rings. The molecule has 2 N–H and O–H groups in total. The van der Waals surface area contributed by atoms with Gasteiger partial charge < -0.3 is 15.2 Å². The van der Waals surface area contributed by atoms with Gasteiger partial charge in [0.1, 0.15) is 12.4 Å². The molecule has 0 heterocycles. The van der Waals surface area contributed by atoms with Crippen LogP contribution in [0.4, 0.5) is 4.39 Å². The first-order chi connectivity index (χ1) is 9.60. The Kier molecular flexibility index (Phi) is 4.58. The van der Waals surface area contributed by atoms with Gasteiger partial charge >= 0.3 is 0 Å². The van der Waals surface area contributed by atoms with Crippen LogP contribution in [-0.2, 0) is 6.61 Å². The van der Waals surface area contributed by atoms with Crippen molar-refractivity contribution in [3.05, 3.63) is 59.4 Å². The van der Waals surface area contributed by atoms with E-state index in [1.807, 2.05) is 31.2 Å². The van der Waals surface area contributed by atoms with E-state index in [0.717, 1.165) is 16.9 Å². The molecule has 1 atom stereocenters. The molecule has 0 aliphatic rings. The number of halogens is 1. The maximum Gasteiger partial charge on any atom is 0.165 e. The van der Waals surface area contributed by atoms with E-state index in [1.54, 1.807) is 19.2 Å². The minimum absolute atomic E-state index is 0.194. The van der Waals surface area contributed by atoms with Gasteiger partial charge in [0.2, 0.25) is 0 Å². The maximum absolute atomic E-state index is 13.8. The Morgan fingerprint density at radius 1 is 1.15 bits per heavy atom. The molecule has 0 saturated heterocycles. The molecular formula is C16H18FNO2. The van der Waals surface area contributed by atoms with E-state index in [9.17, 15) is 4.39 Å². The number of hydrogen-bond donors (Lipinski definition) is 1. The highest BCUT2D eigenvalue weighted by Gasteiger charge is 2.07. The van der Waals surface area contributed by atoms with E-state index in [0.29, 0.717) is 6.61 Å². The van der Waals surface area contributed by atoms with Gasteiger partial charge in [0.25, 0.3) is 0 Å². The monoisotopic (exact) mass is 275 g/mol. The molecule has 0 amide bonds. The third kappa shape index (κ3) is 3.48. The minimum atomic E-state index is -0.395. The van der Waals surface area contributed by atoms with Crippen molar-refractivity contribution in [1.82, 2.24) is 0 Å². The molecule has 0 bridgehead atoms. The van der Waals surface area contributed by atoms with E-state index in [4.69, 9.17) is 15.2 Å². The highest BCUT2D eigenvalue weighted by molar-refractivity contribution is 5.31. The topological polar surface area (TPSA) is 44.5 Å². The fourth-order valence-electron chi connectivity index (χ4n) is 1.80. The summed E-state index contributed by atoms with van der Waals surface area (Å²) in [7, 11) is 1.61. The second-order valence-corrected chi connectivity index (χ2v) is 4.62. The van der Waals surface area contributed by atoms with Crippen molar-refractivity contribution in [2.75, 3.05) is 7.11 Å². The predicted octanol–water partition coefficient (Wildman–Crippen LogP) is 3.43. The Morgan fingerprint density at radius 2 is 1.85 bits per heavy atom. The molecule has 0 aliphatic heterocycles. The second kappa shape index (κ2) is 6.39. The van der Waals surface area contributed by atoms with E-state index < -0.39 is 5.82 Å². The number of methoxy groups -OCH3 is 1. The third-order valence-electron chi connectivity index (χ3n) is 3.04. The number of nitrogens with two attached hydrogens (primary N) is 1. The molecule has 1 unspecified atom stereocenters. The lowest BCUT2D eigenvalue weighted by Gasteiger charge is -2.10. The average Bonchev–Trinajstić information content (AvgIpc) is 2.46. The van der Waals surface area contributed by atoms with Crippen LogP contribution < -0.4 is 15.2 Å². The summed E-state index contributed by atoms with van der Waals surface area (Å²) in [5, 5.41) is 0. The molecular weight excluding hydrogens is 257 g/mol. The van der Waals surface area contributed by atoms with Crippen molar-refractivity contribution in [2.24, 2.45) is 5.73 Å². The normalized spacial score (nSPS) is 12.0. The van der Waals surface area contributed by atoms with Crippen LogP contribution in [0.15, 0.2) is 42.5 Å². The summed E-state index contributed by atoms with van der Waals surface area (Å²) in [6.07, 6.45) is 0. The van der Waals surface area contributed by atoms with Gasteiger partial charge in [0.05, 0.1) is 7.11 Å². The Morgan fingerprint density at radius 3 is 2.40 bits per heavy atom. The lowest BCUT2D eigenvalue weighted by Crippen LogP contribution is -2.06.